The van der Waals surface area contributed by atoms with Gasteiger partial charge in [-0.25, -0.2) is 19.0 Å². The summed E-state index contributed by atoms with van der Waals surface area (Å²) in [4.78, 5) is 12.4. The van der Waals surface area contributed by atoms with Gasteiger partial charge in [0.2, 0.25) is 5.95 Å². The van der Waals surface area contributed by atoms with Crippen molar-refractivity contribution in [3.63, 3.8) is 0 Å². The highest BCUT2D eigenvalue weighted by molar-refractivity contribution is 5.58. The molecule has 0 aromatic carbocycles. The van der Waals surface area contributed by atoms with Crippen LogP contribution >= 0.6 is 0 Å². The first-order valence-electron chi connectivity index (χ1n) is 8.05. The molecule has 26 heavy (non-hydrogen) atoms. The Bertz CT molecular complexity index is 927. The third-order valence-electron chi connectivity index (χ3n) is 3.75. The highest BCUT2D eigenvalue weighted by Crippen LogP contribution is 2.23. The van der Waals surface area contributed by atoms with Crippen molar-refractivity contribution < 1.29 is 9.50 Å². The van der Waals surface area contributed by atoms with Crippen LogP contribution in [0.1, 0.15) is 18.3 Å². The van der Waals surface area contributed by atoms with Gasteiger partial charge in [-0.1, -0.05) is 5.21 Å². The molecule has 0 radical (unpaired) electrons. The Labute approximate surface area is 149 Å². The molecule has 0 amide bonds. The molecule has 3 rings (SSSR count). The second kappa shape index (κ2) is 7.30. The molecule has 0 spiro atoms. The first-order valence-corrected chi connectivity index (χ1v) is 8.05. The number of rotatable bonds is 6. The Morgan fingerprint density at radius 2 is 2.04 bits per heavy atom. The van der Waals surface area contributed by atoms with Gasteiger partial charge in [-0.15, -0.1) is 5.10 Å². The van der Waals surface area contributed by atoms with E-state index in [0.717, 1.165) is 11.9 Å². The van der Waals surface area contributed by atoms with Crippen LogP contribution < -0.4 is 10.6 Å². The van der Waals surface area contributed by atoms with E-state index in [1.54, 1.807) is 30.8 Å². The number of nitrogens with one attached hydrogen (secondary N) is 2. The minimum absolute atomic E-state index is 0.119. The molecule has 3 aromatic heterocycles. The standard InChI is InChI=1S/C16H19FN8O/c1-4-18-15-10(17)7-19-16(22-15)20-8-12-14(23-24-25(12)3)11-5-6-13(26)9(2)21-11/h5-7,26H,4,8H2,1-3H3,(H2,18,19,20,22). The minimum atomic E-state index is -0.510. The zero-order chi connectivity index (χ0) is 18.7. The monoisotopic (exact) mass is 358 g/mol. The summed E-state index contributed by atoms with van der Waals surface area (Å²) >= 11 is 0. The van der Waals surface area contributed by atoms with E-state index in [-0.39, 0.29) is 17.5 Å². The summed E-state index contributed by atoms with van der Waals surface area (Å²) in [6, 6.07) is 3.24. The average molecular weight is 358 g/mol. The summed E-state index contributed by atoms with van der Waals surface area (Å²) in [6.07, 6.45) is 1.11. The summed E-state index contributed by atoms with van der Waals surface area (Å²) in [5.41, 5.74) is 2.43. The van der Waals surface area contributed by atoms with Crippen LogP contribution in [0.25, 0.3) is 11.4 Å². The molecule has 0 aliphatic rings. The summed E-state index contributed by atoms with van der Waals surface area (Å²) in [7, 11) is 1.76. The van der Waals surface area contributed by atoms with Gasteiger partial charge in [0.25, 0.3) is 0 Å². The largest absolute Gasteiger partial charge is 0.506 e. The van der Waals surface area contributed by atoms with Crippen molar-refractivity contribution in [3.8, 4) is 17.1 Å². The highest BCUT2D eigenvalue weighted by Gasteiger charge is 2.16. The van der Waals surface area contributed by atoms with Crippen LogP contribution in [0, 0.1) is 12.7 Å². The number of aromatic hydroxyl groups is 1. The lowest BCUT2D eigenvalue weighted by molar-refractivity contribution is 0.468. The summed E-state index contributed by atoms with van der Waals surface area (Å²) in [6.45, 7) is 4.43. The molecule has 9 nitrogen and oxygen atoms in total. The molecule has 0 aliphatic carbocycles. The van der Waals surface area contributed by atoms with Gasteiger partial charge in [-0.05, 0) is 26.0 Å². The second-order valence-electron chi connectivity index (χ2n) is 5.58. The van der Waals surface area contributed by atoms with Crippen molar-refractivity contribution in [2.45, 2.75) is 20.4 Å². The number of pyridine rings is 1. The molecule has 0 aliphatic heterocycles. The van der Waals surface area contributed by atoms with Gasteiger partial charge >= 0.3 is 0 Å². The van der Waals surface area contributed by atoms with E-state index < -0.39 is 5.82 Å². The zero-order valence-corrected chi connectivity index (χ0v) is 14.7. The first kappa shape index (κ1) is 17.5. The van der Waals surface area contributed by atoms with Gasteiger partial charge in [-0.2, -0.15) is 4.98 Å². The van der Waals surface area contributed by atoms with Crippen molar-refractivity contribution in [2.75, 3.05) is 17.2 Å². The molecule has 3 N–H and O–H groups in total. The van der Waals surface area contributed by atoms with Gasteiger partial charge in [0, 0.05) is 13.6 Å². The number of aryl methyl sites for hydroxylation is 2. The molecular formula is C16H19FN8O. The zero-order valence-electron chi connectivity index (χ0n) is 14.7. The molecule has 0 saturated heterocycles. The van der Waals surface area contributed by atoms with Crippen LogP contribution in [0.4, 0.5) is 16.2 Å². The van der Waals surface area contributed by atoms with Crippen LogP contribution in [0.15, 0.2) is 18.3 Å². The van der Waals surface area contributed by atoms with E-state index in [1.807, 2.05) is 6.92 Å². The number of halogens is 1. The SMILES string of the molecule is CCNc1nc(NCc2c(-c3ccc(O)c(C)n3)nnn2C)ncc1F. The van der Waals surface area contributed by atoms with E-state index in [0.29, 0.717) is 30.2 Å². The summed E-state index contributed by atoms with van der Waals surface area (Å²) < 4.78 is 15.2. The molecule has 136 valence electrons. The van der Waals surface area contributed by atoms with E-state index in [9.17, 15) is 9.50 Å². The molecule has 3 aromatic rings. The fourth-order valence-electron chi connectivity index (χ4n) is 2.37. The van der Waals surface area contributed by atoms with Crippen molar-refractivity contribution in [1.82, 2.24) is 29.9 Å². The Morgan fingerprint density at radius 1 is 1.23 bits per heavy atom. The van der Waals surface area contributed by atoms with Crippen molar-refractivity contribution in [2.24, 2.45) is 7.05 Å². The fraction of sp³-hybridized carbons (Fsp3) is 0.312. The van der Waals surface area contributed by atoms with Crippen molar-refractivity contribution in [1.29, 1.82) is 0 Å². The average Bonchev–Trinajstić information content (AvgIpc) is 2.99. The maximum absolute atomic E-state index is 13.6. The predicted octanol–water partition coefficient (Wildman–Crippen LogP) is 1.86. The van der Waals surface area contributed by atoms with Crippen molar-refractivity contribution in [3.05, 3.63) is 35.5 Å². The number of nitrogens with zero attached hydrogens (tertiary/aromatic N) is 6. The maximum Gasteiger partial charge on any atom is 0.225 e. The lowest BCUT2D eigenvalue weighted by Gasteiger charge is -2.09. The van der Waals surface area contributed by atoms with E-state index in [4.69, 9.17) is 0 Å². The van der Waals surface area contributed by atoms with Crippen LogP contribution in [0.3, 0.4) is 0 Å². The maximum atomic E-state index is 13.6. The summed E-state index contributed by atoms with van der Waals surface area (Å²) in [5, 5.41) is 23.7. The number of aromatic nitrogens is 6. The fourth-order valence-corrected chi connectivity index (χ4v) is 2.37. The lowest BCUT2D eigenvalue weighted by Crippen LogP contribution is -2.11. The highest BCUT2D eigenvalue weighted by atomic mass is 19.1. The molecule has 0 atom stereocenters. The third kappa shape index (κ3) is 3.53. The van der Waals surface area contributed by atoms with Crippen LogP contribution in [0.5, 0.6) is 5.75 Å². The van der Waals surface area contributed by atoms with Crippen LogP contribution in [-0.4, -0.2) is 41.6 Å². The number of hydrogen-bond acceptors (Lipinski definition) is 8. The Kier molecular flexibility index (Phi) is 4.92. The predicted molar refractivity (Wildman–Crippen MR) is 94.1 cm³/mol. The molecule has 0 fully saturated rings. The van der Waals surface area contributed by atoms with E-state index in [1.165, 1.54) is 0 Å². The molecule has 3 heterocycles. The minimum Gasteiger partial charge on any atom is -0.506 e. The number of hydrogen-bond donors (Lipinski definition) is 3. The quantitative estimate of drug-likeness (QED) is 0.612. The lowest BCUT2D eigenvalue weighted by atomic mass is 10.2. The third-order valence-corrected chi connectivity index (χ3v) is 3.75. The number of anilines is 2. The van der Waals surface area contributed by atoms with Gasteiger partial charge in [0.1, 0.15) is 11.4 Å². The normalized spacial score (nSPS) is 10.8. The molecular weight excluding hydrogens is 339 g/mol. The van der Waals surface area contributed by atoms with Gasteiger partial charge < -0.3 is 15.7 Å². The van der Waals surface area contributed by atoms with Gasteiger partial charge in [0.05, 0.1) is 29.8 Å². The topological polar surface area (TPSA) is 114 Å². The summed E-state index contributed by atoms with van der Waals surface area (Å²) in [5.74, 6) is 0.0329. The van der Waals surface area contributed by atoms with Crippen LogP contribution in [-0.2, 0) is 13.6 Å². The molecule has 0 unspecified atom stereocenters. The van der Waals surface area contributed by atoms with E-state index in [2.05, 4.69) is 35.9 Å². The van der Waals surface area contributed by atoms with Crippen molar-refractivity contribution >= 4 is 11.8 Å². The van der Waals surface area contributed by atoms with Gasteiger partial charge in [0.15, 0.2) is 11.6 Å². The Morgan fingerprint density at radius 3 is 2.77 bits per heavy atom. The molecule has 0 bridgehead atoms. The molecule has 0 saturated carbocycles. The Hall–Kier alpha value is -3.30. The first-order chi connectivity index (χ1) is 12.5. The second-order valence-corrected chi connectivity index (χ2v) is 5.58. The van der Waals surface area contributed by atoms with Gasteiger partial charge in [-0.3, -0.25) is 0 Å². The van der Waals surface area contributed by atoms with Crippen LogP contribution in [0.2, 0.25) is 0 Å². The Balaban J connectivity index is 1.84. The smallest absolute Gasteiger partial charge is 0.225 e. The van der Waals surface area contributed by atoms with E-state index >= 15 is 0 Å². The molecule has 10 heteroatoms.